The van der Waals surface area contributed by atoms with E-state index in [4.69, 9.17) is 9.68 Å². The molecule has 0 aliphatic heterocycles. The molecule has 0 amide bonds. The molecule has 2 aromatic rings. The smallest absolute Gasteiger partial charge is 0.333 e. The van der Waals surface area contributed by atoms with Crippen molar-refractivity contribution in [1.82, 2.24) is 9.46 Å². The fourth-order valence-electron chi connectivity index (χ4n) is 2.53. The minimum absolute atomic E-state index is 0.160. The van der Waals surface area contributed by atoms with Crippen molar-refractivity contribution in [2.75, 3.05) is 0 Å². The maximum absolute atomic E-state index is 11.6. The summed E-state index contributed by atoms with van der Waals surface area (Å²) in [7, 11) is 0. The van der Waals surface area contributed by atoms with E-state index in [1.165, 1.54) is 24.3 Å². The van der Waals surface area contributed by atoms with Crippen LogP contribution in [0.1, 0.15) is 51.4 Å². The number of carbonyl (C=O) groups is 2. The van der Waals surface area contributed by atoms with Crippen molar-refractivity contribution in [3.8, 4) is 23.5 Å². The fraction of sp³-hybridized carbons (Fsp3) is 0.444. The Hall–Kier alpha value is -3.30. The molecule has 4 N–H and O–H groups in total. The number of hydrogen-bond acceptors (Lipinski definition) is 8. The molecule has 0 spiro atoms. The van der Waals surface area contributed by atoms with E-state index in [0.717, 1.165) is 25.7 Å². The highest BCUT2D eigenvalue weighted by atomic mass is 16.7. The monoisotopic (exact) mass is 396 g/mol. The van der Waals surface area contributed by atoms with Crippen LogP contribution in [0.15, 0.2) is 24.3 Å². The van der Waals surface area contributed by atoms with Gasteiger partial charge in [0.25, 0.3) is 0 Å². The van der Waals surface area contributed by atoms with Gasteiger partial charge in [0.2, 0.25) is 23.5 Å². The summed E-state index contributed by atoms with van der Waals surface area (Å²) in [6.45, 7) is 0. The van der Waals surface area contributed by atoms with Crippen molar-refractivity contribution in [3.05, 3.63) is 24.3 Å². The SMILES string of the molecule is O=C(CCCCCCCCC(=O)On1c(O)ccc1O)On1c(O)ccc1O. The molecule has 0 fully saturated rings. The van der Waals surface area contributed by atoms with Gasteiger partial charge in [0.1, 0.15) is 0 Å². The molecular formula is C18H24N2O8. The third kappa shape index (κ3) is 6.15. The van der Waals surface area contributed by atoms with E-state index >= 15 is 0 Å². The molecule has 154 valence electrons. The van der Waals surface area contributed by atoms with E-state index in [-0.39, 0.29) is 36.4 Å². The molecule has 0 radical (unpaired) electrons. The van der Waals surface area contributed by atoms with Crippen LogP contribution in [0, 0.1) is 0 Å². The van der Waals surface area contributed by atoms with Crippen molar-refractivity contribution in [3.63, 3.8) is 0 Å². The molecule has 0 atom stereocenters. The molecule has 2 heterocycles. The lowest BCUT2D eigenvalue weighted by Gasteiger charge is -2.07. The number of nitrogens with zero attached hydrogens (tertiary/aromatic N) is 2. The van der Waals surface area contributed by atoms with Crippen molar-refractivity contribution in [2.24, 2.45) is 0 Å². The summed E-state index contributed by atoms with van der Waals surface area (Å²) < 4.78 is 1.32. The summed E-state index contributed by atoms with van der Waals surface area (Å²) in [5, 5.41) is 37.5. The number of aromatic nitrogens is 2. The van der Waals surface area contributed by atoms with Crippen LogP contribution in [-0.2, 0) is 9.59 Å². The molecule has 0 saturated carbocycles. The molecule has 10 nitrogen and oxygen atoms in total. The van der Waals surface area contributed by atoms with Crippen LogP contribution in [0.25, 0.3) is 0 Å². The van der Waals surface area contributed by atoms with Gasteiger partial charge in [0.05, 0.1) is 0 Å². The molecule has 0 aliphatic rings. The summed E-state index contributed by atoms with van der Waals surface area (Å²) in [6, 6.07) is 4.84. The van der Waals surface area contributed by atoms with Crippen LogP contribution < -0.4 is 9.68 Å². The van der Waals surface area contributed by atoms with E-state index in [0.29, 0.717) is 22.3 Å². The second-order valence-electron chi connectivity index (χ2n) is 6.24. The summed E-state index contributed by atoms with van der Waals surface area (Å²) in [5.41, 5.74) is 0. The molecule has 2 aromatic heterocycles. The van der Waals surface area contributed by atoms with E-state index < -0.39 is 11.9 Å². The first-order valence-electron chi connectivity index (χ1n) is 9.00. The van der Waals surface area contributed by atoms with Gasteiger partial charge in [0.15, 0.2) is 0 Å². The normalized spacial score (nSPS) is 10.7. The van der Waals surface area contributed by atoms with Gasteiger partial charge in [-0.25, -0.2) is 9.59 Å². The number of aromatic hydroxyl groups is 4. The van der Waals surface area contributed by atoms with E-state index in [9.17, 15) is 30.0 Å². The number of carbonyl (C=O) groups excluding carboxylic acids is 2. The van der Waals surface area contributed by atoms with Crippen LogP contribution in [0.3, 0.4) is 0 Å². The highest BCUT2D eigenvalue weighted by Crippen LogP contribution is 2.20. The zero-order chi connectivity index (χ0) is 20.5. The molecule has 28 heavy (non-hydrogen) atoms. The Kier molecular flexibility index (Phi) is 7.61. The Morgan fingerprint density at radius 2 is 0.893 bits per heavy atom. The van der Waals surface area contributed by atoms with Gasteiger partial charge in [-0.2, -0.15) is 0 Å². The Labute approximate surface area is 161 Å². The summed E-state index contributed by atoms with van der Waals surface area (Å²) in [6.07, 6.45) is 4.89. The molecule has 10 heteroatoms. The fourth-order valence-corrected chi connectivity index (χ4v) is 2.53. The lowest BCUT2D eigenvalue weighted by atomic mass is 10.1. The van der Waals surface area contributed by atoms with Crippen LogP contribution in [-0.4, -0.2) is 41.8 Å². The quantitative estimate of drug-likeness (QED) is 0.421. The van der Waals surface area contributed by atoms with Crippen molar-refractivity contribution >= 4 is 11.9 Å². The molecular weight excluding hydrogens is 372 g/mol. The average molecular weight is 396 g/mol. The summed E-state index contributed by atoms with van der Waals surface area (Å²) in [4.78, 5) is 33.0. The predicted octanol–water partition coefficient (Wildman–Crippen LogP) is 1.84. The lowest BCUT2D eigenvalue weighted by molar-refractivity contribution is -0.146. The maximum atomic E-state index is 11.6. The predicted molar refractivity (Wildman–Crippen MR) is 95.6 cm³/mol. The van der Waals surface area contributed by atoms with E-state index in [2.05, 4.69) is 0 Å². The standard InChI is InChI=1S/C18H24N2O8/c21-13-9-10-14(22)19(13)27-17(25)7-5-3-1-2-4-6-8-18(26)28-20-15(23)11-12-16(20)24/h9-12,21-24H,1-8H2. The Morgan fingerprint density at radius 1 is 0.607 bits per heavy atom. The minimum atomic E-state index is -0.555. The minimum Gasteiger partial charge on any atom is -0.492 e. The van der Waals surface area contributed by atoms with Crippen molar-refractivity contribution in [2.45, 2.75) is 51.4 Å². The summed E-state index contributed by atoms with van der Waals surface area (Å²) in [5.74, 6) is -2.53. The number of unbranched alkanes of at least 4 members (excludes halogenated alkanes) is 5. The molecule has 2 rings (SSSR count). The van der Waals surface area contributed by atoms with Crippen LogP contribution in [0.4, 0.5) is 0 Å². The summed E-state index contributed by atoms with van der Waals surface area (Å²) >= 11 is 0. The number of hydrogen-bond donors (Lipinski definition) is 4. The highest BCUT2D eigenvalue weighted by Gasteiger charge is 2.13. The lowest BCUT2D eigenvalue weighted by Crippen LogP contribution is -2.18. The van der Waals surface area contributed by atoms with Gasteiger partial charge in [-0.05, 0) is 12.8 Å². The van der Waals surface area contributed by atoms with Crippen LogP contribution in [0.2, 0.25) is 0 Å². The Bertz CT molecular complexity index is 690. The van der Waals surface area contributed by atoms with Gasteiger partial charge in [0, 0.05) is 37.1 Å². The second-order valence-corrected chi connectivity index (χ2v) is 6.24. The molecule has 0 unspecified atom stereocenters. The number of rotatable bonds is 11. The highest BCUT2D eigenvalue weighted by molar-refractivity contribution is 5.70. The zero-order valence-electron chi connectivity index (χ0n) is 15.3. The van der Waals surface area contributed by atoms with Crippen molar-refractivity contribution in [1.29, 1.82) is 0 Å². The molecule has 0 saturated heterocycles. The van der Waals surface area contributed by atoms with Gasteiger partial charge in [-0.1, -0.05) is 25.7 Å². The first kappa shape index (κ1) is 21.0. The van der Waals surface area contributed by atoms with Gasteiger partial charge in [-0.15, -0.1) is 9.46 Å². The maximum Gasteiger partial charge on any atom is 0.333 e. The third-order valence-corrected chi connectivity index (χ3v) is 3.99. The van der Waals surface area contributed by atoms with Crippen LogP contribution >= 0.6 is 0 Å². The zero-order valence-corrected chi connectivity index (χ0v) is 15.3. The Morgan fingerprint density at radius 3 is 1.21 bits per heavy atom. The molecule has 0 aromatic carbocycles. The second kappa shape index (κ2) is 10.1. The largest absolute Gasteiger partial charge is 0.492 e. The van der Waals surface area contributed by atoms with E-state index in [1.807, 2.05) is 0 Å². The van der Waals surface area contributed by atoms with E-state index in [1.54, 1.807) is 0 Å². The third-order valence-electron chi connectivity index (χ3n) is 3.99. The van der Waals surface area contributed by atoms with Gasteiger partial charge in [-0.3, -0.25) is 0 Å². The average Bonchev–Trinajstić information content (AvgIpc) is 3.14. The topological polar surface area (TPSA) is 143 Å². The molecule has 0 bridgehead atoms. The molecule has 0 aliphatic carbocycles. The van der Waals surface area contributed by atoms with Gasteiger partial charge < -0.3 is 30.1 Å². The van der Waals surface area contributed by atoms with Gasteiger partial charge >= 0.3 is 11.9 Å². The van der Waals surface area contributed by atoms with Crippen molar-refractivity contribution < 1.29 is 39.7 Å². The Balaban J connectivity index is 1.49. The first-order valence-corrected chi connectivity index (χ1v) is 9.00. The first-order chi connectivity index (χ1) is 13.4. The van der Waals surface area contributed by atoms with Crippen LogP contribution in [0.5, 0.6) is 23.5 Å².